The van der Waals surface area contributed by atoms with Crippen LogP contribution in [0, 0.1) is 5.95 Å². The number of piperazine rings is 1. The number of fused-ring (bicyclic) bond motifs is 1. The number of rotatable bonds is 9. The van der Waals surface area contributed by atoms with E-state index < -0.39 is 5.95 Å². The molecule has 0 atom stereocenters. The van der Waals surface area contributed by atoms with E-state index in [0.29, 0.717) is 59.4 Å². The van der Waals surface area contributed by atoms with Crippen LogP contribution in [0.2, 0.25) is 0 Å². The van der Waals surface area contributed by atoms with Crippen LogP contribution in [0.25, 0.3) is 22.3 Å². The molecule has 4 N–H and O–H groups in total. The average molecular weight is 625 g/mol. The monoisotopic (exact) mass is 624 g/mol. The molecule has 240 valence electrons. The number of benzene rings is 3. The van der Waals surface area contributed by atoms with Gasteiger partial charge >= 0.3 is 0 Å². The lowest BCUT2D eigenvalue weighted by atomic mass is 9.92. The summed E-state index contributed by atoms with van der Waals surface area (Å²) in [5.74, 6) is 0.676. The van der Waals surface area contributed by atoms with Gasteiger partial charge in [-0.3, -0.25) is 9.69 Å². The fourth-order valence-electron chi connectivity index (χ4n) is 6.34. The molecule has 2 aliphatic heterocycles. The van der Waals surface area contributed by atoms with Crippen molar-refractivity contribution in [3.63, 3.8) is 0 Å². The Kier molecular flexibility index (Phi) is 8.99. The van der Waals surface area contributed by atoms with Gasteiger partial charge < -0.3 is 30.7 Å². The van der Waals surface area contributed by atoms with Crippen molar-refractivity contribution in [3.8, 4) is 33.8 Å². The van der Waals surface area contributed by atoms with E-state index >= 15 is 4.39 Å². The van der Waals surface area contributed by atoms with Crippen LogP contribution in [0.3, 0.4) is 0 Å². The highest BCUT2D eigenvalue weighted by atomic mass is 19.1. The zero-order chi connectivity index (χ0) is 32.4. The molecular weight excluding hydrogens is 583 g/mol. The second-order valence-electron chi connectivity index (χ2n) is 12.0. The number of nitrogens with one attached hydrogen (secondary N) is 2. The maximum atomic E-state index is 15.4. The van der Waals surface area contributed by atoms with Crippen molar-refractivity contribution in [2.24, 2.45) is 0 Å². The number of nitrogens with two attached hydrogens (primary N) is 1. The number of halogens is 1. The van der Waals surface area contributed by atoms with Crippen molar-refractivity contribution in [1.82, 2.24) is 15.2 Å². The van der Waals surface area contributed by atoms with Gasteiger partial charge in [-0.15, -0.1) is 0 Å². The Balaban J connectivity index is 1.31. The highest BCUT2D eigenvalue weighted by molar-refractivity contribution is 6.03. The molecule has 1 amide bonds. The summed E-state index contributed by atoms with van der Waals surface area (Å²) in [5, 5.41) is 6.39. The summed E-state index contributed by atoms with van der Waals surface area (Å²) < 4.78 is 26.3. The summed E-state index contributed by atoms with van der Waals surface area (Å²) >= 11 is 0. The quantitative estimate of drug-likeness (QED) is 0.207. The fourth-order valence-corrected chi connectivity index (χ4v) is 6.34. The van der Waals surface area contributed by atoms with Gasteiger partial charge in [-0.2, -0.15) is 4.39 Å². The average Bonchev–Trinajstić information content (AvgIpc) is 3.07. The lowest BCUT2D eigenvalue weighted by molar-refractivity contribution is 0.0947. The molecule has 2 aliphatic rings. The first-order valence-electron chi connectivity index (χ1n) is 15.7. The minimum atomic E-state index is -0.623. The van der Waals surface area contributed by atoms with Crippen LogP contribution in [0.15, 0.2) is 60.7 Å². The maximum Gasteiger partial charge on any atom is 0.253 e. The topological polar surface area (TPSA) is 105 Å². The van der Waals surface area contributed by atoms with E-state index in [1.54, 1.807) is 20.3 Å². The Hall–Kier alpha value is -4.83. The van der Waals surface area contributed by atoms with Crippen LogP contribution >= 0.6 is 0 Å². The summed E-state index contributed by atoms with van der Waals surface area (Å²) in [4.78, 5) is 22.0. The molecule has 0 bridgehead atoms. The zero-order valence-corrected chi connectivity index (χ0v) is 26.8. The molecule has 4 aromatic rings. The number of aromatic nitrogens is 1. The molecular formula is C36H41FN6O3. The molecule has 3 aromatic carbocycles. The van der Waals surface area contributed by atoms with Gasteiger partial charge in [-0.05, 0) is 73.4 Å². The van der Waals surface area contributed by atoms with Crippen LogP contribution in [-0.4, -0.2) is 68.8 Å². The number of nitrogen functional groups attached to an aromatic ring is 1. The van der Waals surface area contributed by atoms with Crippen LogP contribution in [0.5, 0.6) is 11.5 Å². The van der Waals surface area contributed by atoms with E-state index in [1.165, 1.54) is 0 Å². The van der Waals surface area contributed by atoms with Crippen molar-refractivity contribution >= 4 is 23.1 Å². The predicted octanol–water partition coefficient (Wildman–Crippen LogP) is 5.58. The van der Waals surface area contributed by atoms with E-state index in [9.17, 15) is 4.79 Å². The number of ether oxygens (including phenoxy) is 2. The third-order valence-electron chi connectivity index (χ3n) is 9.00. The Morgan fingerprint density at radius 2 is 1.72 bits per heavy atom. The summed E-state index contributed by atoms with van der Waals surface area (Å²) in [6.07, 6.45) is 0.656. The van der Waals surface area contributed by atoms with Gasteiger partial charge in [0.1, 0.15) is 17.3 Å². The summed E-state index contributed by atoms with van der Waals surface area (Å²) in [7, 11) is 3.22. The van der Waals surface area contributed by atoms with Crippen molar-refractivity contribution in [3.05, 3.63) is 83.3 Å². The molecule has 3 heterocycles. The first-order chi connectivity index (χ1) is 22.2. The number of pyridine rings is 1. The van der Waals surface area contributed by atoms with E-state index in [1.807, 2.05) is 54.6 Å². The second-order valence-corrected chi connectivity index (χ2v) is 12.0. The molecule has 9 nitrogen and oxygen atoms in total. The van der Waals surface area contributed by atoms with Gasteiger partial charge in [-0.1, -0.05) is 18.2 Å². The molecule has 6 rings (SSSR count). The SMILES string of the molecule is COc1ccc(CNc2cc(-c3cc(-c4ccc(N5CCN(C(C)C)CC5)cc4)c(F)nc3N)cc3c2C(=O)NCC3)c(OC)c1. The normalized spacial score (nSPS) is 15.0. The number of hydrogen-bond acceptors (Lipinski definition) is 8. The first-order valence-corrected chi connectivity index (χ1v) is 15.7. The summed E-state index contributed by atoms with van der Waals surface area (Å²) in [6, 6.07) is 19.7. The van der Waals surface area contributed by atoms with Crippen LogP contribution in [0.4, 0.5) is 21.6 Å². The molecule has 46 heavy (non-hydrogen) atoms. The molecule has 0 spiro atoms. The lowest BCUT2D eigenvalue weighted by Crippen LogP contribution is -2.48. The predicted molar refractivity (Wildman–Crippen MR) is 181 cm³/mol. The van der Waals surface area contributed by atoms with Crippen LogP contribution in [-0.2, 0) is 13.0 Å². The second kappa shape index (κ2) is 13.3. The van der Waals surface area contributed by atoms with E-state index in [2.05, 4.69) is 39.3 Å². The van der Waals surface area contributed by atoms with Crippen molar-refractivity contribution < 1.29 is 18.7 Å². The van der Waals surface area contributed by atoms with Crippen LogP contribution in [0.1, 0.15) is 35.3 Å². The molecule has 1 aromatic heterocycles. The van der Waals surface area contributed by atoms with Gasteiger partial charge in [0.2, 0.25) is 5.95 Å². The smallest absolute Gasteiger partial charge is 0.253 e. The highest BCUT2D eigenvalue weighted by Gasteiger charge is 2.24. The highest BCUT2D eigenvalue weighted by Crippen LogP contribution is 2.37. The third-order valence-corrected chi connectivity index (χ3v) is 9.00. The molecule has 1 fully saturated rings. The molecule has 0 unspecified atom stereocenters. The molecule has 10 heteroatoms. The zero-order valence-electron chi connectivity index (χ0n) is 26.8. The molecule has 0 saturated carbocycles. The van der Waals surface area contributed by atoms with Crippen LogP contribution < -0.4 is 30.7 Å². The first kappa shape index (κ1) is 31.2. The Morgan fingerprint density at radius 1 is 0.957 bits per heavy atom. The van der Waals surface area contributed by atoms with Gasteiger partial charge in [0.15, 0.2) is 0 Å². The number of carbonyl (C=O) groups excluding carboxylic acids is 1. The van der Waals surface area contributed by atoms with E-state index in [-0.39, 0.29) is 11.7 Å². The number of hydrogen-bond donors (Lipinski definition) is 3. The minimum absolute atomic E-state index is 0.0869. The Labute approximate surface area is 269 Å². The van der Waals surface area contributed by atoms with Crippen molar-refractivity contribution in [2.45, 2.75) is 32.9 Å². The number of anilines is 3. The number of amides is 1. The minimum Gasteiger partial charge on any atom is -0.497 e. The summed E-state index contributed by atoms with van der Waals surface area (Å²) in [6.45, 7) is 9.34. The van der Waals surface area contributed by atoms with Gasteiger partial charge in [-0.25, -0.2) is 4.98 Å². The molecule has 0 radical (unpaired) electrons. The molecule has 1 saturated heterocycles. The largest absolute Gasteiger partial charge is 0.497 e. The lowest BCUT2D eigenvalue weighted by Gasteiger charge is -2.38. The van der Waals surface area contributed by atoms with E-state index in [0.717, 1.165) is 54.1 Å². The maximum absolute atomic E-state index is 15.4. The van der Waals surface area contributed by atoms with Gasteiger partial charge in [0.05, 0.1) is 19.8 Å². The van der Waals surface area contributed by atoms with Crippen molar-refractivity contribution in [2.75, 3.05) is 62.9 Å². The number of nitrogens with zero attached hydrogens (tertiary/aromatic N) is 3. The Bertz CT molecular complexity index is 1740. The molecule has 0 aliphatic carbocycles. The Morgan fingerprint density at radius 3 is 2.41 bits per heavy atom. The van der Waals surface area contributed by atoms with Gasteiger partial charge in [0, 0.05) is 79.4 Å². The fraction of sp³-hybridized carbons (Fsp3) is 0.333. The number of methoxy groups -OCH3 is 2. The number of carbonyl (C=O) groups is 1. The van der Waals surface area contributed by atoms with Gasteiger partial charge in [0.25, 0.3) is 5.91 Å². The standard InChI is InChI=1S/C36H41FN6O3/c1-22(2)42-13-15-43(16-14-42)27-8-5-23(6-9-27)29-20-30(35(38)41-34(29)37)26-17-24-11-12-39-36(44)33(24)31(18-26)40-21-25-7-10-28(45-3)19-32(25)46-4/h5-10,17-20,22,40H,11-16,21H2,1-4H3,(H2,38,41)(H,39,44). The van der Waals surface area contributed by atoms with Crippen molar-refractivity contribution in [1.29, 1.82) is 0 Å². The van der Waals surface area contributed by atoms with E-state index in [4.69, 9.17) is 15.2 Å². The summed E-state index contributed by atoms with van der Waals surface area (Å²) in [5.41, 5.74) is 12.9. The third kappa shape index (κ3) is 6.30.